The molecule has 2 saturated carbocycles. The van der Waals surface area contributed by atoms with Crippen molar-refractivity contribution in [1.29, 1.82) is 0 Å². The molecular weight excluding hydrogens is 447 g/mol. The van der Waals surface area contributed by atoms with Crippen LogP contribution in [0.4, 0.5) is 0 Å². The average Bonchev–Trinajstić information content (AvgIpc) is 2.78. The van der Waals surface area contributed by atoms with Gasteiger partial charge in [-0.1, -0.05) is 66.5 Å². The molecular formula is C28H47O5P. The predicted octanol–water partition coefficient (Wildman–Crippen LogP) is 7.83. The largest absolute Gasteiger partial charge is 0.497 e. The summed E-state index contributed by atoms with van der Waals surface area (Å²) in [5.74, 6) is 1.83. The predicted molar refractivity (Wildman–Crippen MR) is 138 cm³/mol. The highest BCUT2D eigenvalue weighted by Crippen LogP contribution is 2.64. The number of aliphatic hydroxyl groups excluding tert-OH is 1. The van der Waals surface area contributed by atoms with E-state index in [1.807, 2.05) is 0 Å². The maximum Gasteiger partial charge on any atom is 0.363 e. The molecule has 5 nitrogen and oxygen atoms in total. The van der Waals surface area contributed by atoms with Gasteiger partial charge in [0.05, 0.1) is 19.3 Å². The summed E-state index contributed by atoms with van der Waals surface area (Å²) in [6.45, 7) is 13.3. The molecule has 0 saturated heterocycles. The molecule has 0 amide bonds. The molecule has 6 heteroatoms. The van der Waals surface area contributed by atoms with Crippen LogP contribution in [-0.2, 0) is 13.6 Å². The van der Waals surface area contributed by atoms with Crippen molar-refractivity contribution in [2.24, 2.45) is 35.5 Å². The summed E-state index contributed by atoms with van der Waals surface area (Å²) in [6, 6.07) is 7.08. The van der Waals surface area contributed by atoms with Gasteiger partial charge in [-0.05, 0) is 78.9 Å². The molecule has 0 radical (unpaired) electrons. The molecule has 0 aromatic heterocycles. The lowest BCUT2D eigenvalue weighted by Gasteiger charge is -2.42. The van der Waals surface area contributed by atoms with E-state index in [2.05, 4.69) is 41.5 Å². The molecule has 1 unspecified atom stereocenters. The van der Waals surface area contributed by atoms with Crippen molar-refractivity contribution in [2.45, 2.75) is 98.1 Å². The second-order valence-corrected chi connectivity index (χ2v) is 13.6. The number of hydrogen-bond acceptors (Lipinski definition) is 5. The first-order chi connectivity index (χ1) is 16.0. The Morgan fingerprint density at radius 1 is 0.824 bits per heavy atom. The van der Waals surface area contributed by atoms with Gasteiger partial charge in [0.1, 0.15) is 5.75 Å². The maximum atomic E-state index is 14.6. The van der Waals surface area contributed by atoms with Gasteiger partial charge in [0.15, 0.2) is 5.85 Å². The molecule has 0 aliphatic heterocycles. The molecule has 1 N–H and O–H groups in total. The Balaban J connectivity index is 1.94. The van der Waals surface area contributed by atoms with Gasteiger partial charge in [0.2, 0.25) is 0 Å². The van der Waals surface area contributed by atoms with Crippen LogP contribution in [0.25, 0.3) is 0 Å². The van der Waals surface area contributed by atoms with Crippen molar-refractivity contribution >= 4 is 7.60 Å². The monoisotopic (exact) mass is 494 g/mol. The van der Waals surface area contributed by atoms with E-state index in [0.29, 0.717) is 46.8 Å². The SMILES string of the molecule is COc1ccc([C@@H](O)P(=O)(O[C@@H]2C[C@H](C)CC[C@@H]2C(C)C)O[C@@H]2C[C@@H](C)CC[C@H]2C(C)C)cc1. The van der Waals surface area contributed by atoms with E-state index >= 15 is 0 Å². The molecule has 2 aliphatic carbocycles. The van der Waals surface area contributed by atoms with Crippen LogP contribution in [0.5, 0.6) is 5.75 Å². The Morgan fingerprint density at radius 2 is 1.26 bits per heavy atom. The second kappa shape index (κ2) is 11.9. The molecule has 0 bridgehead atoms. The number of hydrogen-bond donors (Lipinski definition) is 1. The third kappa shape index (κ3) is 6.66. The summed E-state index contributed by atoms with van der Waals surface area (Å²) in [5, 5.41) is 11.5. The highest BCUT2D eigenvalue weighted by Gasteiger charge is 2.46. The van der Waals surface area contributed by atoms with E-state index in [0.717, 1.165) is 38.5 Å². The van der Waals surface area contributed by atoms with Gasteiger partial charge in [-0.15, -0.1) is 0 Å². The Morgan fingerprint density at radius 3 is 1.65 bits per heavy atom. The molecule has 1 aromatic carbocycles. The van der Waals surface area contributed by atoms with Crippen LogP contribution in [0.1, 0.15) is 91.5 Å². The fourth-order valence-corrected chi connectivity index (χ4v) is 8.01. The Hall–Kier alpha value is -0.870. The smallest absolute Gasteiger partial charge is 0.363 e. The zero-order valence-corrected chi connectivity index (χ0v) is 23.2. The van der Waals surface area contributed by atoms with Crippen LogP contribution in [0.15, 0.2) is 24.3 Å². The summed E-state index contributed by atoms with van der Waals surface area (Å²) in [6.07, 6.45) is 5.76. The fourth-order valence-electron chi connectivity index (χ4n) is 5.95. The van der Waals surface area contributed by atoms with E-state index in [1.165, 1.54) is 0 Å². The standard InChI is InChI=1S/C28H47O5P/c1-18(2)24-14-8-20(5)16-26(24)32-34(30,28(29)22-10-12-23(31-7)13-11-22)33-27-17-21(6)9-15-25(27)19(3)4/h10-13,18-21,24-29H,8-9,14-17H2,1-7H3/t20-,21+,24-,25+,26-,27-,28+,34?/m1/s1. The lowest BCUT2D eigenvalue weighted by atomic mass is 9.75. The van der Waals surface area contributed by atoms with Gasteiger partial charge < -0.3 is 18.9 Å². The molecule has 2 aliphatic rings. The number of rotatable bonds is 9. The quantitative estimate of drug-likeness (QED) is 0.354. The van der Waals surface area contributed by atoms with E-state index in [-0.39, 0.29) is 12.2 Å². The van der Waals surface area contributed by atoms with Crippen LogP contribution in [0.2, 0.25) is 0 Å². The van der Waals surface area contributed by atoms with Crippen LogP contribution < -0.4 is 4.74 Å². The molecule has 8 atom stereocenters. The van der Waals surface area contributed by atoms with Crippen molar-refractivity contribution in [3.63, 3.8) is 0 Å². The Labute approximate surface area is 207 Å². The first-order valence-corrected chi connectivity index (χ1v) is 14.9. The fraction of sp³-hybridized carbons (Fsp3) is 0.786. The van der Waals surface area contributed by atoms with Gasteiger partial charge in [0.25, 0.3) is 0 Å². The normalized spacial score (nSPS) is 33.0. The van der Waals surface area contributed by atoms with E-state index in [4.69, 9.17) is 13.8 Å². The number of methoxy groups -OCH3 is 1. The third-order valence-corrected chi connectivity index (χ3v) is 10.2. The van der Waals surface area contributed by atoms with E-state index in [9.17, 15) is 9.67 Å². The van der Waals surface area contributed by atoms with Crippen LogP contribution in [-0.4, -0.2) is 24.4 Å². The number of benzene rings is 1. The van der Waals surface area contributed by atoms with Crippen molar-refractivity contribution in [1.82, 2.24) is 0 Å². The first-order valence-electron chi connectivity index (χ1n) is 13.3. The third-order valence-electron chi connectivity index (χ3n) is 8.20. The van der Waals surface area contributed by atoms with Gasteiger partial charge in [-0.25, -0.2) is 0 Å². The van der Waals surface area contributed by atoms with Gasteiger partial charge in [0, 0.05) is 0 Å². The maximum absolute atomic E-state index is 14.6. The summed E-state index contributed by atoms with van der Waals surface area (Å²) in [4.78, 5) is 0. The number of ether oxygens (including phenoxy) is 1. The summed E-state index contributed by atoms with van der Waals surface area (Å²) in [5.41, 5.74) is 0.541. The zero-order chi connectivity index (χ0) is 25.0. The molecule has 194 valence electrons. The first kappa shape index (κ1) is 27.7. The minimum absolute atomic E-state index is 0.180. The second-order valence-electron chi connectivity index (χ2n) is 11.6. The van der Waals surface area contributed by atoms with Crippen LogP contribution >= 0.6 is 7.60 Å². The number of aliphatic hydroxyl groups is 1. The van der Waals surface area contributed by atoms with E-state index < -0.39 is 13.4 Å². The summed E-state index contributed by atoms with van der Waals surface area (Å²) in [7, 11) is -2.28. The van der Waals surface area contributed by atoms with Gasteiger partial charge >= 0.3 is 7.60 Å². The van der Waals surface area contributed by atoms with Crippen molar-refractivity contribution in [2.75, 3.05) is 7.11 Å². The molecule has 0 spiro atoms. The minimum atomic E-state index is -3.89. The lowest BCUT2D eigenvalue weighted by Crippen LogP contribution is -2.37. The highest BCUT2D eigenvalue weighted by atomic mass is 31.2. The Bertz CT molecular complexity index is 770. The summed E-state index contributed by atoms with van der Waals surface area (Å²) < 4.78 is 32.9. The molecule has 0 heterocycles. The Kier molecular flexibility index (Phi) is 9.71. The minimum Gasteiger partial charge on any atom is -0.497 e. The topological polar surface area (TPSA) is 65.0 Å². The van der Waals surface area contributed by atoms with E-state index in [1.54, 1.807) is 31.4 Å². The molecule has 1 aromatic rings. The lowest BCUT2D eigenvalue weighted by molar-refractivity contribution is -0.0154. The summed E-state index contributed by atoms with van der Waals surface area (Å²) >= 11 is 0. The van der Waals surface area contributed by atoms with Crippen molar-refractivity contribution in [3.05, 3.63) is 29.8 Å². The van der Waals surface area contributed by atoms with Crippen LogP contribution in [0.3, 0.4) is 0 Å². The molecule has 3 rings (SSSR count). The average molecular weight is 495 g/mol. The van der Waals surface area contributed by atoms with Crippen molar-refractivity contribution < 1.29 is 23.5 Å². The van der Waals surface area contributed by atoms with Crippen molar-refractivity contribution in [3.8, 4) is 5.75 Å². The van der Waals surface area contributed by atoms with Gasteiger partial charge in [-0.3, -0.25) is 4.57 Å². The van der Waals surface area contributed by atoms with Crippen LogP contribution in [0, 0.1) is 35.5 Å². The van der Waals surface area contributed by atoms with Gasteiger partial charge in [-0.2, -0.15) is 0 Å². The highest BCUT2D eigenvalue weighted by molar-refractivity contribution is 7.54. The zero-order valence-electron chi connectivity index (χ0n) is 22.3. The molecule has 2 fully saturated rings. The molecule has 34 heavy (non-hydrogen) atoms.